The first-order valence-electron chi connectivity index (χ1n) is 3.78. The molecule has 0 saturated carbocycles. The maximum Gasteiger partial charge on any atom is 0.231 e. The highest BCUT2D eigenvalue weighted by Crippen LogP contribution is 2.12. The van der Waals surface area contributed by atoms with Crippen LogP contribution in [0, 0.1) is 5.82 Å². The van der Waals surface area contributed by atoms with E-state index in [2.05, 4.69) is 15.9 Å². The van der Waals surface area contributed by atoms with E-state index in [1.54, 1.807) is 18.2 Å². The Hall–Kier alpha value is -0.900. The monoisotopic (exact) mass is 245 g/mol. The topological polar surface area (TPSA) is 43.1 Å². The number of primary amides is 1. The van der Waals surface area contributed by atoms with Crippen LogP contribution in [-0.2, 0) is 11.2 Å². The highest BCUT2D eigenvalue weighted by atomic mass is 79.9. The zero-order chi connectivity index (χ0) is 9.84. The van der Waals surface area contributed by atoms with E-state index in [4.69, 9.17) is 5.73 Å². The highest BCUT2D eigenvalue weighted by Gasteiger charge is 2.13. The summed E-state index contributed by atoms with van der Waals surface area (Å²) in [5.74, 6) is -0.795. The molecule has 0 heterocycles. The summed E-state index contributed by atoms with van der Waals surface area (Å²) in [6, 6.07) is 6.31. The fraction of sp³-hybridized carbons (Fsp3) is 0.222. The third kappa shape index (κ3) is 2.81. The van der Waals surface area contributed by atoms with Gasteiger partial charge < -0.3 is 5.73 Å². The van der Waals surface area contributed by atoms with Crippen molar-refractivity contribution in [1.29, 1.82) is 0 Å². The standard InChI is InChI=1S/C9H9BrFNO/c10-7(9(12)13)5-6-3-1-2-4-8(6)11/h1-4,7H,5H2,(H2,12,13). The lowest BCUT2D eigenvalue weighted by Crippen LogP contribution is -2.25. The first kappa shape index (κ1) is 10.2. The van der Waals surface area contributed by atoms with E-state index in [0.29, 0.717) is 5.56 Å². The van der Waals surface area contributed by atoms with Crippen LogP contribution in [-0.4, -0.2) is 10.7 Å². The summed E-state index contributed by atoms with van der Waals surface area (Å²) in [5.41, 5.74) is 5.51. The van der Waals surface area contributed by atoms with Gasteiger partial charge in [0.2, 0.25) is 5.91 Å². The highest BCUT2D eigenvalue weighted by molar-refractivity contribution is 9.10. The largest absolute Gasteiger partial charge is 0.369 e. The lowest BCUT2D eigenvalue weighted by molar-refractivity contribution is -0.117. The lowest BCUT2D eigenvalue weighted by Gasteiger charge is -2.05. The van der Waals surface area contributed by atoms with Gasteiger partial charge in [0.1, 0.15) is 5.82 Å². The van der Waals surface area contributed by atoms with Crippen LogP contribution in [0.1, 0.15) is 5.56 Å². The van der Waals surface area contributed by atoms with Crippen molar-refractivity contribution >= 4 is 21.8 Å². The van der Waals surface area contributed by atoms with Crippen molar-refractivity contribution in [3.63, 3.8) is 0 Å². The van der Waals surface area contributed by atoms with Crippen LogP contribution in [0.5, 0.6) is 0 Å². The molecule has 2 N–H and O–H groups in total. The minimum Gasteiger partial charge on any atom is -0.369 e. The van der Waals surface area contributed by atoms with E-state index in [0.717, 1.165) is 0 Å². The molecule has 0 aliphatic carbocycles. The van der Waals surface area contributed by atoms with E-state index in [9.17, 15) is 9.18 Å². The van der Waals surface area contributed by atoms with Gasteiger partial charge >= 0.3 is 0 Å². The quantitative estimate of drug-likeness (QED) is 0.809. The van der Waals surface area contributed by atoms with Gasteiger partial charge in [-0.25, -0.2) is 4.39 Å². The Morgan fingerprint density at radius 1 is 1.54 bits per heavy atom. The van der Waals surface area contributed by atoms with E-state index in [1.807, 2.05) is 0 Å². The minimum atomic E-state index is -0.510. The molecule has 0 aromatic heterocycles. The molecule has 1 aromatic rings. The van der Waals surface area contributed by atoms with Crippen molar-refractivity contribution in [3.05, 3.63) is 35.6 Å². The molecule has 0 aliphatic heterocycles. The Morgan fingerprint density at radius 3 is 2.69 bits per heavy atom. The molecule has 1 atom stereocenters. The maximum absolute atomic E-state index is 13.0. The molecule has 1 rings (SSSR count). The van der Waals surface area contributed by atoms with Crippen molar-refractivity contribution in [2.75, 3.05) is 0 Å². The van der Waals surface area contributed by atoms with Crippen molar-refractivity contribution < 1.29 is 9.18 Å². The van der Waals surface area contributed by atoms with Crippen LogP contribution in [0.25, 0.3) is 0 Å². The third-order valence-corrected chi connectivity index (χ3v) is 2.44. The van der Waals surface area contributed by atoms with Crippen LogP contribution in [0.2, 0.25) is 0 Å². The number of carbonyl (C=O) groups excluding carboxylic acids is 1. The number of halogens is 2. The summed E-state index contributed by atoms with van der Waals surface area (Å²) in [6.45, 7) is 0. The molecule has 0 bridgehead atoms. The Morgan fingerprint density at radius 2 is 2.15 bits per heavy atom. The van der Waals surface area contributed by atoms with Gasteiger partial charge in [-0.1, -0.05) is 34.1 Å². The number of hydrogen-bond donors (Lipinski definition) is 1. The summed E-state index contributed by atoms with van der Waals surface area (Å²) in [6.07, 6.45) is 0.280. The number of amides is 1. The van der Waals surface area contributed by atoms with Crippen LogP contribution in [0.15, 0.2) is 24.3 Å². The molecule has 1 unspecified atom stereocenters. The summed E-state index contributed by atoms with van der Waals surface area (Å²) in [5, 5.41) is 0. The van der Waals surface area contributed by atoms with E-state index in [1.165, 1.54) is 6.07 Å². The lowest BCUT2D eigenvalue weighted by atomic mass is 10.1. The zero-order valence-electron chi connectivity index (χ0n) is 6.84. The van der Waals surface area contributed by atoms with Crippen LogP contribution >= 0.6 is 15.9 Å². The van der Waals surface area contributed by atoms with E-state index < -0.39 is 10.7 Å². The summed E-state index contributed by atoms with van der Waals surface area (Å²) in [4.78, 5) is 10.2. The van der Waals surface area contributed by atoms with Crippen LogP contribution in [0.3, 0.4) is 0 Å². The van der Waals surface area contributed by atoms with E-state index in [-0.39, 0.29) is 12.2 Å². The molecule has 0 radical (unpaired) electrons. The predicted octanol–water partition coefficient (Wildman–Crippen LogP) is 1.62. The van der Waals surface area contributed by atoms with Gasteiger partial charge in [0, 0.05) is 0 Å². The van der Waals surface area contributed by atoms with Crippen molar-refractivity contribution in [2.45, 2.75) is 11.2 Å². The molecular weight excluding hydrogens is 237 g/mol. The molecular formula is C9H9BrFNO. The van der Waals surface area contributed by atoms with Gasteiger partial charge in [0.05, 0.1) is 4.83 Å². The van der Waals surface area contributed by atoms with E-state index >= 15 is 0 Å². The summed E-state index contributed by atoms with van der Waals surface area (Å²) >= 11 is 3.07. The minimum absolute atomic E-state index is 0.280. The molecule has 0 spiro atoms. The third-order valence-electron chi connectivity index (χ3n) is 1.67. The van der Waals surface area contributed by atoms with Gasteiger partial charge in [-0.15, -0.1) is 0 Å². The van der Waals surface area contributed by atoms with Gasteiger partial charge in [-0.2, -0.15) is 0 Å². The smallest absolute Gasteiger partial charge is 0.231 e. The van der Waals surface area contributed by atoms with Crippen molar-refractivity contribution in [2.24, 2.45) is 5.73 Å². The predicted molar refractivity (Wildman–Crippen MR) is 52.0 cm³/mol. The molecule has 1 amide bonds. The molecule has 4 heteroatoms. The molecule has 0 aliphatic rings. The van der Waals surface area contributed by atoms with Crippen molar-refractivity contribution in [3.8, 4) is 0 Å². The van der Waals surface area contributed by atoms with Crippen LogP contribution < -0.4 is 5.73 Å². The summed E-state index contributed by atoms with van der Waals surface area (Å²) < 4.78 is 13.0. The van der Waals surface area contributed by atoms with Gasteiger partial charge in [-0.05, 0) is 18.1 Å². The zero-order valence-corrected chi connectivity index (χ0v) is 8.42. The number of rotatable bonds is 3. The second-order valence-corrected chi connectivity index (χ2v) is 3.77. The second-order valence-electron chi connectivity index (χ2n) is 2.67. The van der Waals surface area contributed by atoms with Gasteiger partial charge in [0.15, 0.2) is 0 Å². The Bertz CT molecular complexity index is 316. The van der Waals surface area contributed by atoms with Gasteiger partial charge in [-0.3, -0.25) is 4.79 Å². The maximum atomic E-state index is 13.0. The molecule has 70 valence electrons. The first-order valence-corrected chi connectivity index (χ1v) is 4.69. The number of nitrogens with two attached hydrogens (primary N) is 1. The number of carbonyl (C=O) groups is 1. The number of benzene rings is 1. The normalized spacial score (nSPS) is 12.5. The second kappa shape index (κ2) is 4.37. The van der Waals surface area contributed by atoms with Crippen molar-refractivity contribution in [1.82, 2.24) is 0 Å². The Kier molecular flexibility index (Phi) is 3.42. The van der Waals surface area contributed by atoms with Gasteiger partial charge in [0.25, 0.3) is 0 Å². The number of alkyl halides is 1. The summed E-state index contributed by atoms with van der Waals surface area (Å²) in [7, 11) is 0. The fourth-order valence-corrected chi connectivity index (χ4v) is 1.31. The number of hydrogen-bond acceptors (Lipinski definition) is 1. The molecule has 0 saturated heterocycles. The average molecular weight is 246 g/mol. The fourth-order valence-electron chi connectivity index (χ4n) is 0.958. The SMILES string of the molecule is NC(=O)C(Br)Cc1ccccc1F. The Labute approximate surface area is 84.1 Å². The molecule has 2 nitrogen and oxygen atoms in total. The average Bonchev–Trinajstić information content (AvgIpc) is 2.08. The Balaban J connectivity index is 2.74. The molecule has 13 heavy (non-hydrogen) atoms. The van der Waals surface area contributed by atoms with Crippen LogP contribution in [0.4, 0.5) is 4.39 Å². The molecule has 1 aromatic carbocycles. The first-order chi connectivity index (χ1) is 6.11. The molecule has 0 fully saturated rings.